The lowest BCUT2D eigenvalue weighted by atomic mass is 10.1. The average Bonchev–Trinajstić information content (AvgIpc) is 2.71. The first-order valence-corrected chi connectivity index (χ1v) is 7.97. The maximum Gasteiger partial charge on any atom is 0.246 e. The van der Waals surface area contributed by atoms with Gasteiger partial charge in [-0.2, -0.15) is 0 Å². The molecule has 2 rings (SSSR count). The minimum Gasteiger partial charge on any atom is -0.492 e. The van der Waals surface area contributed by atoms with Crippen LogP contribution < -0.4 is 15.4 Å². The van der Waals surface area contributed by atoms with Crippen LogP contribution in [0.1, 0.15) is 44.7 Å². The van der Waals surface area contributed by atoms with E-state index in [0.29, 0.717) is 6.61 Å². The summed E-state index contributed by atoms with van der Waals surface area (Å²) in [5.41, 5.74) is 1.82. The van der Waals surface area contributed by atoms with E-state index in [1.807, 2.05) is 19.1 Å². The van der Waals surface area contributed by atoms with E-state index >= 15 is 0 Å². The topological polar surface area (TPSA) is 50.4 Å². The Morgan fingerprint density at radius 3 is 2.85 bits per heavy atom. The molecular formula is C15H21BrN2O2. The molecule has 1 aromatic rings. The van der Waals surface area contributed by atoms with Crippen molar-refractivity contribution in [2.75, 3.05) is 18.5 Å². The van der Waals surface area contributed by atoms with Gasteiger partial charge in [0.05, 0.1) is 11.1 Å². The Bertz CT molecular complexity index is 491. The van der Waals surface area contributed by atoms with Crippen molar-refractivity contribution < 1.29 is 9.53 Å². The highest BCUT2D eigenvalue weighted by molar-refractivity contribution is 9.10. The van der Waals surface area contributed by atoms with Crippen LogP contribution in [-0.4, -0.2) is 19.1 Å². The zero-order valence-electron chi connectivity index (χ0n) is 12.0. The van der Waals surface area contributed by atoms with E-state index < -0.39 is 0 Å². The summed E-state index contributed by atoms with van der Waals surface area (Å²) in [5, 5.41) is 6.08. The fraction of sp³-hybridized carbons (Fsp3) is 0.533. The summed E-state index contributed by atoms with van der Waals surface area (Å²) in [6.07, 6.45) is 3.39. The van der Waals surface area contributed by atoms with Crippen molar-refractivity contribution in [1.82, 2.24) is 5.32 Å². The minimum absolute atomic E-state index is 0.00289. The molecule has 0 aliphatic carbocycles. The fourth-order valence-electron chi connectivity index (χ4n) is 2.31. The second kappa shape index (κ2) is 7.09. The summed E-state index contributed by atoms with van der Waals surface area (Å²) in [4.78, 5) is 11.9. The van der Waals surface area contributed by atoms with Crippen LogP contribution in [0, 0.1) is 0 Å². The number of nitrogens with one attached hydrogen (secondary N) is 2. The van der Waals surface area contributed by atoms with E-state index in [1.54, 1.807) is 0 Å². The Morgan fingerprint density at radius 2 is 2.15 bits per heavy atom. The van der Waals surface area contributed by atoms with Gasteiger partial charge in [-0.15, -0.1) is 0 Å². The Balaban J connectivity index is 2.11. The van der Waals surface area contributed by atoms with E-state index in [1.165, 1.54) is 12.8 Å². The lowest BCUT2D eigenvalue weighted by molar-refractivity contribution is -0.117. The maximum atomic E-state index is 11.9. The third-order valence-corrected chi connectivity index (χ3v) is 3.97. The third-order valence-electron chi connectivity index (χ3n) is 3.35. The number of anilines is 1. The van der Waals surface area contributed by atoms with Crippen molar-refractivity contribution in [3.63, 3.8) is 0 Å². The lowest BCUT2D eigenvalue weighted by Gasteiger charge is -2.12. The molecule has 0 fully saturated rings. The number of carbonyl (C=O) groups is 1. The maximum absolute atomic E-state index is 11.9. The van der Waals surface area contributed by atoms with Gasteiger partial charge in [0, 0.05) is 17.3 Å². The van der Waals surface area contributed by atoms with Gasteiger partial charge < -0.3 is 15.4 Å². The van der Waals surface area contributed by atoms with Crippen LogP contribution in [0.5, 0.6) is 5.75 Å². The second-order valence-corrected chi connectivity index (χ2v) is 5.76. The Hall–Kier alpha value is -1.07. The number of ether oxygens (including phenoxy) is 1. The van der Waals surface area contributed by atoms with Gasteiger partial charge in [-0.05, 0) is 35.0 Å². The number of amides is 1. The van der Waals surface area contributed by atoms with Crippen LogP contribution in [0.15, 0.2) is 16.6 Å². The highest BCUT2D eigenvalue weighted by atomic mass is 79.9. The summed E-state index contributed by atoms with van der Waals surface area (Å²) in [6.45, 7) is 5.62. The first kappa shape index (κ1) is 15.3. The number of carbonyl (C=O) groups excluding carboxylic acids is 1. The zero-order chi connectivity index (χ0) is 14.5. The number of benzene rings is 1. The number of fused-ring (bicyclic) bond motifs is 1. The molecule has 0 saturated heterocycles. The van der Waals surface area contributed by atoms with Crippen LogP contribution in [0.4, 0.5) is 5.69 Å². The van der Waals surface area contributed by atoms with Gasteiger partial charge in [-0.25, -0.2) is 0 Å². The van der Waals surface area contributed by atoms with Crippen molar-refractivity contribution in [1.29, 1.82) is 0 Å². The van der Waals surface area contributed by atoms with Crippen LogP contribution in [0.2, 0.25) is 0 Å². The SMILES string of the molecule is CCCCCOc1cc2c(cc1Br)C(NCC)C(=O)N2. The molecule has 1 aliphatic heterocycles. The van der Waals surface area contributed by atoms with Crippen molar-refractivity contribution in [3.05, 3.63) is 22.2 Å². The van der Waals surface area contributed by atoms with E-state index in [-0.39, 0.29) is 11.9 Å². The molecule has 0 aromatic heterocycles. The number of hydrogen-bond donors (Lipinski definition) is 2. The molecule has 0 saturated carbocycles. The molecule has 1 aromatic carbocycles. The number of unbranched alkanes of at least 4 members (excludes halogenated alkanes) is 2. The smallest absolute Gasteiger partial charge is 0.246 e. The van der Waals surface area contributed by atoms with Crippen molar-refractivity contribution in [3.8, 4) is 5.75 Å². The van der Waals surface area contributed by atoms with Crippen molar-refractivity contribution in [2.24, 2.45) is 0 Å². The Kier molecular flexibility index (Phi) is 5.43. The highest BCUT2D eigenvalue weighted by Crippen LogP contribution is 2.38. The normalized spacial score (nSPS) is 16.9. The largest absolute Gasteiger partial charge is 0.492 e. The fourth-order valence-corrected chi connectivity index (χ4v) is 2.79. The van der Waals surface area contributed by atoms with E-state index in [2.05, 4.69) is 33.5 Å². The Labute approximate surface area is 128 Å². The lowest BCUT2D eigenvalue weighted by Crippen LogP contribution is -2.27. The first-order valence-electron chi connectivity index (χ1n) is 7.17. The van der Waals surface area contributed by atoms with Crippen LogP contribution in [-0.2, 0) is 4.79 Å². The number of hydrogen-bond acceptors (Lipinski definition) is 3. The van der Waals surface area contributed by atoms with Crippen LogP contribution in [0.25, 0.3) is 0 Å². The molecule has 0 bridgehead atoms. The van der Waals surface area contributed by atoms with Gasteiger partial charge in [0.15, 0.2) is 0 Å². The predicted octanol–water partition coefficient (Wildman–Crippen LogP) is 3.62. The van der Waals surface area contributed by atoms with Gasteiger partial charge in [0.1, 0.15) is 11.8 Å². The quantitative estimate of drug-likeness (QED) is 0.745. The van der Waals surface area contributed by atoms with Gasteiger partial charge >= 0.3 is 0 Å². The molecule has 110 valence electrons. The average molecular weight is 341 g/mol. The molecule has 1 unspecified atom stereocenters. The summed E-state index contributed by atoms with van der Waals surface area (Å²) >= 11 is 3.53. The molecule has 5 heteroatoms. The highest BCUT2D eigenvalue weighted by Gasteiger charge is 2.30. The molecule has 1 aliphatic rings. The number of halogens is 1. The van der Waals surface area contributed by atoms with E-state index in [9.17, 15) is 4.79 Å². The standard InChI is InChI=1S/C15H21BrN2O2/c1-3-5-6-7-20-13-9-12-10(8-11(13)16)14(17-4-2)15(19)18-12/h8-9,14,17H,3-7H2,1-2H3,(H,18,19). The monoisotopic (exact) mass is 340 g/mol. The molecule has 4 nitrogen and oxygen atoms in total. The van der Waals surface area contributed by atoms with E-state index in [0.717, 1.165) is 34.4 Å². The minimum atomic E-state index is -0.263. The molecule has 1 heterocycles. The van der Waals surface area contributed by atoms with Crippen molar-refractivity contribution in [2.45, 2.75) is 39.2 Å². The Morgan fingerprint density at radius 1 is 1.35 bits per heavy atom. The number of likely N-dealkylation sites (N-methyl/N-ethyl adjacent to an activating group) is 1. The second-order valence-electron chi connectivity index (χ2n) is 4.91. The van der Waals surface area contributed by atoms with E-state index in [4.69, 9.17) is 4.74 Å². The summed E-state index contributed by atoms with van der Waals surface area (Å²) in [7, 11) is 0. The van der Waals surface area contributed by atoms with Gasteiger partial charge in [0.2, 0.25) is 5.91 Å². The van der Waals surface area contributed by atoms with Crippen molar-refractivity contribution >= 4 is 27.5 Å². The van der Waals surface area contributed by atoms with Gasteiger partial charge in [0.25, 0.3) is 0 Å². The molecule has 1 amide bonds. The molecule has 20 heavy (non-hydrogen) atoms. The van der Waals surface area contributed by atoms with Crippen LogP contribution in [0.3, 0.4) is 0 Å². The van der Waals surface area contributed by atoms with Gasteiger partial charge in [-0.3, -0.25) is 4.79 Å². The summed E-state index contributed by atoms with van der Waals surface area (Å²) in [5.74, 6) is 0.786. The molecular weight excluding hydrogens is 320 g/mol. The summed E-state index contributed by atoms with van der Waals surface area (Å²) in [6, 6.07) is 3.61. The molecule has 0 radical (unpaired) electrons. The predicted molar refractivity (Wildman–Crippen MR) is 84.2 cm³/mol. The molecule has 2 N–H and O–H groups in total. The third kappa shape index (κ3) is 3.33. The number of rotatable bonds is 7. The zero-order valence-corrected chi connectivity index (χ0v) is 13.5. The van der Waals surface area contributed by atoms with Gasteiger partial charge in [-0.1, -0.05) is 26.7 Å². The summed E-state index contributed by atoms with van der Waals surface area (Å²) < 4.78 is 6.67. The molecule has 0 spiro atoms. The first-order chi connectivity index (χ1) is 9.67. The molecule has 1 atom stereocenters. The van der Waals surface area contributed by atoms with Crippen LogP contribution >= 0.6 is 15.9 Å².